The molecule has 6 nitrogen and oxygen atoms in total. The molecule has 140 valence electrons. The van der Waals surface area contributed by atoms with Gasteiger partial charge in [0.25, 0.3) is 11.1 Å². The van der Waals surface area contributed by atoms with Gasteiger partial charge >= 0.3 is 5.97 Å². The molecule has 0 spiro atoms. The molecule has 0 unspecified atom stereocenters. The quantitative estimate of drug-likeness (QED) is 0.665. The summed E-state index contributed by atoms with van der Waals surface area (Å²) in [6.07, 6.45) is 3.36. The summed E-state index contributed by atoms with van der Waals surface area (Å²) in [5.74, 6) is -1.29. The number of carboxylic acid groups (broad SMARTS) is 1. The topological polar surface area (TPSA) is 79.6 Å². The Morgan fingerprint density at radius 2 is 1.75 bits per heavy atom. The zero-order valence-electron chi connectivity index (χ0n) is 14.7. The van der Waals surface area contributed by atoms with Gasteiger partial charge in [-0.2, -0.15) is 0 Å². The lowest BCUT2D eigenvalue weighted by Crippen LogP contribution is -2.27. The number of hydrogen-bond acceptors (Lipinski definition) is 4. The maximum absolute atomic E-state index is 12.8. The van der Waals surface area contributed by atoms with Crippen LogP contribution in [0.15, 0.2) is 65.7 Å². The van der Waals surface area contributed by atoms with E-state index in [4.69, 9.17) is 5.11 Å². The number of benzene rings is 2. The molecular weight excluding hydrogens is 376 g/mol. The van der Waals surface area contributed by atoms with Crippen LogP contribution in [0.1, 0.15) is 11.1 Å². The van der Waals surface area contributed by atoms with Crippen LogP contribution in [-0.4, -0.2) is 31.7 Å². The van der Waals surface area contributed by atoms with E-state index in [-0.39, 0.29) is 24.2 Å². The van der Waals surface area contributed by atoms with E-state index in [1.165, 1.54) is 4.90 Å². The van der Waals surface area contributed by atoms with Gasteiger partial charge < -0.3 is 9.67 Å². The first kappa shape index (κ1) is 18.1. The van der Waals surface area contributed by atoms with E-state index in [0.29, 0.717) is 10.5 Å². The summed E-state index contributed by atoms with van der Waals surface area (Å²) in [6, 6.07) is 16.7. The van der Waals surface area contributed by atoms with Gasteiger partial charge in [0, 0.05) is 22.7 Å². The second-order valence-corrected chi connectivity index (χ2v) is 7.37. The second-order valence-electron chi connectivity index (χ2n) is 6.38. The van der Waals surface area contributed by atoms with Crippen LogP contribution in [0.4, 0.5) is 4.79 Å². The third-order valence-electron chi connectivity index (χ3n) is 4.47. The van der Waals surface area contributed by atoms with Gasteiger partial charge in [-0.1, -0.05) is 48.5 Å². The summed E-state index contributed by atoms with van der Waals surface area (Å²) in [5, 5.41) is 9.65. The summed E-state index contributed by atoms with van der Waals surface area (Å²) in [5.41, 5.74) is 2.35. The molecule has 2 heterocycles. The molecule has 4 rings (SSSR count). The zero-order chi connectivity index (χ0) is 19.7. The van der Waals surface area contributed by atoms with Crippen LogP contribution >= 0.6 is 11.8 Å². The van der Waals surface area contributed by atoms with Crippen molar-refractivity contribution >= 4 is 45.9 Å². The third kappa shape index (κ3) is 3.44. The SMILES string of the molecule is O=C(O)Cn1cc(/C=C2\SC(=O)N(Cc3ccccc3)C2=O)c2ccccc21. The normalized spacial score (nSPS) is 15.7. The van der Waals surface area contributed by atoms with Crippen molar-refractivity contribution in [2.45, 2.75) is 13.1 Å². The Morgan fingerprint density at radius 1 is 1.04 bits per heavy atom. The maximum atomic E-state index is 12.8. The molecule has 1 aromatic heterocycles. The van der Waals surface area contributed by atoms with Crippen molar-refractivity contribution in [3.63, 3.8) is 0 Å². The lowest BCUT2D eigenvalue weighted by Gasteiger charge is -2.12. The van der Waals surface area contributed by atoms with E-state index in [2.05, 4.69) is 0 Å². The number of aromatic nitrogens is 1. The maximum Gasteiger partial charge on any atom is 0.323 e. The van der Waals surface area contributed by atoms with Crippen LogP contribution < -0.4 is 0 Å². The Balaban J connectivity index is 1.67. The van der Waals surface area contributed by atoms with Gasteiger partial charge in [-0.05, 0) is 29.5 Å². The van der Waals surface area contributed by atoms with Gasteiger partial charge in [0.05, 0.1) is 11.4 Å². The van der Waals surface area contributed by atoms with Crippen LogP contribution in [0.5, 0.6) is 0 Å². The van der Waals surface area contributed by atoms with Gasteiger partial charge in [0.15, 0.2) is 0 Å². The van der Waals surface area contributed by atoms with Crippen molar-refractivity contribution < 1.29 is 19.5 Å². The van der Waals surface area contributed by atoms with E-state index in [1.54, 1.807) is 16.8 Å². The predicted octanol–water partition coefficient (Wildman–Crippen LogP) is 3.96. The molecule has 0 atom stereocenters. The highest BCUT2D eigenvalue weighted by molar-refractivity contribution is 8.18. The highest BCUT2D eigenvalue weighted by atomic mass is 32.2. The van der Waals surface area contributed by atoms with E-state index in [0.717, 1.165) is 28.2 Å². The van der Waals surface area contributed by atoms with Gasteiger partial charge in [-0.15, -0.1) is 0 Å². The predicted molar refractivity (Wildman–Crippen MR) is 108 cm³/mol. The minimum absolute atomic E-state index is 0.177. The molecular formula is C21H16N2O4S. The molecule has 0 bridgehead atoms. The molecule has 0 saturated carbocycles. The van der Waals surface area contributed by atoms with Crippen molar-refractivity contribution in [1.29, 1.82) is 0 Å². The number of aliphatic carboxylic acids is 1. The number of amides is 2. The van der Waals surface area contributed by atoms with E-state index in [1.807, 2.05) is 54.6 Å². The number of carbonyl (C=O) groups is 3. The van der Waals surface area contributed by atoms with Crippen molar-refractivity contribution in [2.24, 2.45) is 0 Å². The summed E-state index contributed by atoms with van der Waals surface area (Å²) in [6.45, 7) is 0.0491. The van der Waals surface area contributed by atoms with Crippen molar-refractivity contribution in [3.05, 3.63) is 76.8 Å². The van der Waals surface area contributed by atoms with Crippen molar-refractivity contribution in [3.8, 4) is 0 Å². The lowest BCUT2D eigenvalue weighted by atomic mass is 10.1. The van der Waals surface area contributed by atoms with Crippen LogP contribution in [0.2, 0.25) is 0 Å². The first-order valence-corrected chi connectivity index (χ1v) is 9.43. The van der Waals surface area contributed by atoms with E-state index < -0.39 is 5.97 Å². The Kier molecular flexibility index (Phi) is 4.75. The van der Waals surface area contributed by atoms with Crippen molar-refractivity contribution in [2.75, 3.05) is 0 Å². The molecule has 2 amide bonds. The Labute approximate surface area is 165 Å². The number of carboxylic acids is 1. The summed E-state index contributed by atoms with van der Waals surface area (Å²) in [4.78, 5) is 37.8. The standard InChI is InChI=1S/C21H16N2O4S/c24-19(25)13-22-12-15(16-8-4-5-9-17(16)22)10-18-20(26)23(21(27)28-18)11-14-6-2-1-3-7-14/h1-10,12H,11,13H2,(H,24,25)/b18-10-. The van der Waals surface area contributed by atoms with E-state index >= 15 is 0 Å². The molecule has 7 heteroatoms. The molecule has 1 aliphatic heterocycles. The zero-order valence-corrected chi connectivity index (χ0v) is 15.6. The Hall–Kier alpha value is -3.32. The molecule has 1 fully saturated rings. The number of nitrogens with zero attached hydrogens (tertiary/aromatic N) is 2. The summed E-state index contributed by atoms with van der Waals surface area (Å²) in [7, 11) is 0. The average Bonchev–Trinajstić information content (AvgIpc) is 3.15. The van der Waals surface area contributed by atoms with Gasteiger partial charge in [0.2, 0.25) is 0 Å². The minimum atomic E-state index is -0.949. The highest BCUT2D eigenvalue weighted by Crippen LogP contribution is 2.35. The number of rotatable bonds is 5. The lowest BCUT2D eigenvalue weighted by molar-refractivity contribution is -0.137. The number of fused-ring (bicyclic) bond motifs is 1. The van der Waals surface area contributed by atoms with Crippen LogP contribution in [0, 0.1) is 0 Å². The van der Waals surface area contributed by atoms with Gasteiger partial charge in [-0.3, -0.25) is 19.3 Å². The molecule has 1 N–H and O–H groups in total. The van der Waals surface area contributed by atoms with Crippen LogP contribution in [0.25, 0.3) is 17.0 Å². The van der Waals surface area contributed by atoms with Crippen LogP contribution in [0.3, 0.4) is 0 Å². The molecule has 0 aliphatic carbocycles. The number of para-hydroxylation sites is 1. The first-order valence-electron chi connectivity index (χ1n) is 8.62. The number of thioether (sulfide) groups is 1. The highest BCUT2D eigenvalue weighted by Gasteiger charge is 2.35. The minimum Gasteiger partial charge on any atom is -0.480 e. The van der Waals surface area contributed by atoms with Crippen molar-refractivity contribution in [1.82, 2.24) is 9.47 Å². The number of carbonyl (C=O) groups excluding carboxylic acids is 2. The number of hydrogen-bond donors (Lipinski definition) is 1. The smallest absolute Gasteiger partial charge is 0.323 e. The van der Waals surface area contributed by atoms with Gasteiger partial charge in [-0.25, -0.2) is 0 Å². The third-order valence-corrected chi connectivity index (χ3v) is 5.38. The summed E-state index contributed by atoms with van der Waals surface area (Å²) >= 11 is 0.901. The van der Waals surface area contributed by atoms with Crippen LogP contribution in [-0.2, 0) is 22.7 Å². The Morgan fingerprint density at radius 3 is 2.50 bits per heavy atom. The monoisotopic (exact) mass is 392 g/mol. The fourth-order valence-corrected chi connectivity index (χ4v) is 4.04. The first-order chi connectivity index (χ1) is 13.5. The molecule has 1 saturated heterocycles. The fourth-order valence-electron chi connectivity index (χ4n) is 3.21. The molecule has 1 aliphatic rings. The molecule has 3 aromatic rings. The Bertz CT molecular complexity index is 1120. The summed E-state index contributed by atoms with van der Waals surface area (Å²) < 4.78 is 1.62. The largest absolute Gasteiger partial charge is 0.480 e. The molecule has 28 heavy (non-hydrogen) atoms. The van der Waals surface area contributed by atoms with E-state index in [9.17, 15) is 14.4 Å². The molecule has 0 radical (unpaired) electrons. The number of imide groups is 1. The second kappa shape index (κ2) is 7.36. The molecule has 2 aromatic carbocycles. The van der Waals surface area contributed by atoms with Gasteiger partial charge in [0.1, 0.15) is 6.54 Å². The average molecular weight is 392 g/mol. The fraction of sp³-hybridized carbons (Fsp3) is 0.0952.